The summed E-state index contributed by atoms with van der Waals surface area (Å²) in [5.41, 5.74) is 2.54. The molecule has 160 valence electrons. The first-order valence-corrected chi connectivity index (χ1v) is 12.0. The van der Waals surface area contributed by atoms with E-state index in [1.807, 2.05) is 29.2 Å². The Morgan fingerprint density at radius 3 is 2.33 bits per heavy atom. The van der Waals surface area contributed by atoms with Crippen molar-refractivity contribution in [2.24, 2.45) is 0 Å². The van der Waals surface area contributed by atoms with Crippen LogP contribution in [0.3, 0.4) is 0 Å². The Bertz CT molecular complexity index is 1030. The molecule has 0 radical (unpaired) electrons. The van der Waals surface area contributed by atoms with E-state index >= 15 is 0 Å². The van der Waals surface area contributed by atoms with E-state index in [0.29, 0.717) is 43.9 Å². The first-order valence-electron chi connectivity index (χ1n) is 10.5. The van der Waals surface area contributed by atoms with Gasteiger partial charge in [-0.25, -0.2) is 8.42 Å². The number of rotatable bonds is 4. The summed E-state index contributed by atoms with van der Waals surface area (Å²) in [5, 5.41) is 0. The van der Waals surface area contributed by atoms with E-state index in [2.05, 4.69) is 0 Å². The zero-order valence-electron chi connectivity index (χ0n) is 17.3. The summed E-state index contributed by atoms with van der Waals surface area (Å²) in [7, 11) is -2.21. The minimum Gasteiger partial charge on any atom is -0.496 e. The number of sulfonamides is 1. The highest BCUT2D eigenvalue weighted by Gasteiger charge is 2.30. The van der Waals surface area contributed by atoms with E-state index in [1.165, 1.54) is 29.1 Å². The van der Waals surface area contributed by atoms with E-state index in [1.54, 1.807) is 6.07 Å². The van der Waals surface area contributed by atoms with Gasteiger partial charge in [-0.3, -0.25) is 4.79 Å². The van der Waals surface area contributed by atoms with Gasteiger partial charge in [0.05, 0.1) is 17.6 Å². The predicted molar refractivity (Wildman–Crippen MR) is 115 cm³/mol. The van der Waals surface area contributed by atoms with Crippen LogP contribution in [0.5, 0.6) is 5.75 Å². The van der Waals surface area contributed by atoms with Gasteiger partial charge in [0.25, 0.3) is 5.91 Å². The number of benzene rings is 2. The molecular formula is C23H28N2O4S. The Morgan fingerprint density at radius 1 is 0.933 bits per heavy atom. The molecule has 4 rings (SSSR count). The number of methoxy groups -OCH3 is 1. The van der Waals surface area contributed by atoms with Crippen molar-refractivity contribution in [1.29, 1.82) is 0 Å². The van der Waals surface area contributed by atoms with Crippen LogP contribution in [-0.4, -0.2) is 50.3 Å². The number of hydrogen-bond acceptors (Lipinski definition) is 4. The molecule has 0 unspecified atom stereocenters. The Balaban J connectivity index is 1.64. The van der Waals surface area contributed by atoms with Crippen molar-refractivity contribution in [3.63, 3.8) is 0 Å². The molecule has 2 aliphatic rings. The van der Waals surface area contributed by atoms with Gasteiger partial charge in [0.2, 0.25) is 10.0 Å². The average molecular weight is 429 g/mol. The van der Waals surface area contributed by atoms with E-state index in [4.69, 9.17) is 4.74 Å². The molecule has 2 aromatic rings. The smallest absolute Gasteiger partial charge is 0.257 e. The molecule has 1 amide bonds. The lowest BCUT2D eigenvalue weighted by molar-refractivity contribution is 0.0758. The number of carbonyl (C=O) groups is 1. The van der Waals surface area contributed by atoms with Gasteiger partial charge in [0.1, 0.15) is 5.75 Å². The Labute approximate surface area is 178 Å². The van der Waals surface area contributed by atoms with Crippen LogP contribution in [0.25, 0.3) is 0 Å². The summed E-state index contributed by atoms with van der Waals surface area (Å²) in [6.45, 7) is 2.17. The monoisotopic (exact) mass is 428 g/mol. The fraction of sp³-hybridized carbons (Fsp3) is 0.435. The first kappa shape index (κ1) is 20.9. The molecule has 2 heterocycles. The van der Waals surface area contributed by atoms with Crippen molar-refractivity contribution in [2.75, 3.05) is 26.7 Å². The fourth-order valence-corrected chi connectivity index (χ4v) is 5.73. The lowest BCUT2D eigenvalue weighted by Gasteiger charge is -2.28. The molecule has 0 atom stereocenters. The van der Waals surface area contributed by atoms with Crippen molar-refractivity contribution in [2.45, 2.75) is 43.5 Å². The summed E-state index contributed by atoms with van der Waals surface area (Å²) < 4.78 is 33.6. The van der Waals surface area contributed by atoms with Gasteiger partial charge in [-0.05, 0) is 48.6 Å². The molecule has 7 heteroatoms. The number of ether oxygens (including phenoxy) is 1. The zero-order valence-corrected chi connectivity index (χ0v) is 18.2. The summed E-state index contributed by atoms with van der Waals surface area (Å²) >= 11 is 0. The maximum absolute atomic E-state index is 13.4. The molecule has 2 aliphatic heterocycles. The largest absolute Gasteiger partial charge is 0.496 e. The normalized spacial score (nSPS) is 17.8. The Kier molecular flexibility index (Phi) is 6.11. The molecule has 2 aromatic carbocycles. The van der Waals surface area contributed by atoms with Crippen LogP contribution >= 0.6 is 0 Å². The van der Waals surface area contributed by atoms with Crippen LogP contribution < -0.4 is 4.74 Å². The quantitative estimate of drug-likeness (QED) is 0.748. The Hall–Kier alpha value is -2.38. The molecule has 0 saturated carbocycles. The van der Waals surface area contributed by atoms with Crippen LogP contribution in [0, 0.1) is 0 Å². The third-order valence-corrected chi connectivity index (χ3v) is 7.87. The summed E-state index contributed by atoms with van der Waals surface area (Å²) in [6.07, 6.45) is 4.86. The number of carbonyl (C=O) groups excluding carboxylic acids is 1. The minimum absolute atomic E-state index is 0.140. The number of fused-ring (bicyclic) bond motifs is 1. The molecule has 1 fully saturated rings. The van der Waals surface area contributed by atoms with Gasteiger partial charge in [0.15, 0.2) is 0 Å². The fourth-order valence-electron chi connectivity index (χ4n) is 4.28. The molecule has 0 bridgehead atoms. The number of hydrogen-bond donors (Lipinski definition) is 0. The van der Waals surface area contributed by atoms with E-state index < -0.39 is 10.0 Å². The van der Waals surface area contributed by atoms with Gasteiger partial charge in [0, 0.05) is 26.2 Å². The van der Waals surface area contributed by atoms with E-state index in [-0.39, 0.29) is 10.8 Å². The first-order chi connectivity index (χ1) is 14.5. The molecule has 0 aliphatic carbocycles. The maximum Gasteiger partial charge on any atom is 0.257 e. The second-order valence-corrected chi connectivity index (χ2v) is 9.86. The summed E-state index contributed by atoms with van der Waals surface area (Å²) in [6, 6.07) is 12.5. The molecular weight excluding hydrogens is 400 g/mol. The van der Waals surface area contributed by atoms with Crippen LogP contribution in [0.1, 0.15) is 47.2 Å². The van der Waals surface area contributed by atoms with Crippen LogP contribution in [0.15, 0.2) is 47.4 Å². The van der Waals surface area contributed by atoms with Gasteiger partial charge in [-0.1, -0.05) is 37.1 Å². The van der Waals surface area contributed by atoms with E-state index in [0.717, 1.165) is 31.2 Å². The highest BCUT2D eigenvalue weighted by molar-refractivity contribution is 7.89. The standard InChI is InChI=1S/C23H28N2O4S/c1-29-22-11-10-20(16-21(22)23(26)24-13-6-2-3-7-14-24)30(27,28)25-15-12-18-8-4-5-9-19(18)17-25/h4-5,8-11,16H,2-3,6-7,12-15,17H2,1H3. The Morgan fingerprint density at radius 2 is 1.63 bits per heavy atom. The van der Waals surface area contributed by atoms with Crippen LogP contribution in [0.4, 0.5) is 0 Å². The van der Waals surface area contributed by atoms with Crippen molar-refractivity contribution < 1.29 is 17.9 Å². The second-order valence-electron chi connectivity index (χ2n) is 7.93. The number of likely N-dealkylation sites (tertiary alicyclic amines) is 1. The number of nitrogens with zero attached hydrogens (tertiary/aromatic N) is 2. The van der Waals surface area contributed by atoms with Gasteiger partial charge < -0.3 is 9.64 Å². The lowest BCUT2D eigenvalue weighted by Crippen LogP contribution is -2.36. The third-order valence-electron chi connectivity index (χ3n) is 6.03. The minimum atomic E-state index is -3.72. The van der Waals surface area contributed by atoms with Gasteiger partial charge in [-0.2, -0.15) is 4.31 Å². The number of amides is 1. The lowest BCUT2D eigenvalue weighted by atomic mass is 10.0. The summed E-state index contributed by atoms with van der Waals surface area (Å²) in [5.74, 6) is 0.252. The van der Waals surface area contributed by atoms with Gasteiger partial charge >= 0.3 is 0 Å². The summed E-state index contributed by atoms with van der Waals surface area (Å²) in [4.78, 5) is 15.1. The van der Waals surface area contributed by atoms with Crippen molar-refractivity contribution in [3.05, 3.63) is 59.2 Å². The second kappa shape index (κ2) is 8.78. The molecule has 0 aromatic heterocycles. The predicted octanol–water partition coefficient (Wildman–Crippen LogP) is 3.46. The van der Waals surface area contributed by atoms with Crippen LogP contribution in [-0.2, 0) is 23.0 Å². The van der Waals surface area contributed by atoms with Crippen molar-refractivity contribution >= 4 is 15.9 Å². The van der Waals surface area contributed by atoms with Gasteiger partial charge in [-0.15, -0.1) is 0 Å². The molecule has 6 nitrogen and oxygen atoms in total. The van der Waals surface area contributed by atoms with Crippen molar-refractivity contribution in [3.8, 4) is 5.75 Å². The molecule has 0 N–H and O–H groups in total. The van der Waals surface area contributed by atoms with Crippen LogP contribution in [0.2, 0.25) is 0 Å². The SMILES string of the molecule is COc1ccc(S(=O)(=O)N2CCc3ccccc3C2)cc1C(=O)N1CCCCCC1. The highest BCUT2D eigenvalue weighted by atomic mass is 32.2. The third kappa shape index (κ3) is 4.09. The molecule has 30 heavy (non-hydrogen) atoms. The molecule has 1 saturated heterocycles. The average Bonchev–Trinajstić information content (AvgIpc) is 3.07. The zero-order chi connectivity index (χ0) is 21.1. The highest BCUT2D eigenvalue weighted by Crippen LogP contribution is 2.29. The maximum atomic E-state index is 13.4. The topological polar surface area (TPSA) is 66.9 Å². The molecule has 0 spiro atoms. The van der Waals surface area contributed by atoms with Crippen molar-refractivity contribution in [1.82, 2.24) is 9.21 Å². The van der Waals surface area contributed by atoms with E-state index in [9.17, 15) is 13.2 Å².